The van der Waals surface area contributed by atoms with Crippen molar-refractivity contribution in [3.63, 3.8) is 0 Å². The Morgan fingerprint density at radius 1 is 1.33 bits per heavy atom. The fourth-order valence-electron chi connectivity index (χ4n) is 2.28. The molecule has 2 aromatic rings. The van der Waals surface area contributed by atoms with Crippen molar-refractivity contribution in [3.05, 3.63) is 53.9 Å². The van der Waals surface area contributed by atoms with Gasteiger partial charge in [-0.1, -0.05) is 18.2 Å². The third-order valence-electron chi connectivity index (χ3n) is 3.02. The molecule has 1 aromatic carbocycles. The van der Waals surface area contributed by atoms with Gasteiger partial charge in [0.25, 0.3) is 0 Å². The number of rotatable bonds is 1. The van der Waals surface area contributed by atoms with Crippen molar-refractivity contribution >= 4 is 0 Å². The Labute approximate surface area is 87.4 Å². The van der Waals surface area contributed by atoms with Gasteiger partial charge in [0, 0.05) is 17.5 Å². The van der Waals surface area contributed by atoms with Crippen molar-refractivity contribution in [2.75, 3.05) is 0 Å². The van der Waals surface area contributed by atoms with Crippen LogP contribution in [0.4, 0.5) is 4.39 Å². The molecule has 2 heterocycles. The van der Waals surface area contributed by atoms with Crippen LogP contribution in [0.2, 0.25) is 0 Å². The molecule has 0 unspecified atom stereocenters. The van der Waals surface area contributed by atoms with Gasteiger partial charge in [0.1, 0.15) is 5.82 Å². The first kappa shape index (κ1) is 8.65. The van der Waals surface area contributed by atoms with Crippen LogP contribution >= 0.6 is 0 Å². The van der Waals surface area contributed by atoms with Crippen LogP contribution in [0.15, 0.2) is 36.8 Å². The van der Waals surface area contributed by atoms with Crippen molar-refractivity contribution in [2.24, 2.45) is 0 Å². The van der Waals surface area contributed by atoms with Gasteiger partial charge >= 0.3 is 0 Å². The zero-order chi connectivity index (χ0) is 10.3. The molecule has 0 spiro atoms. The van der Waals surface area contributed by atoms with Crippen LogP contribution in [-0.4, -0.2) is 9.55 Å². The fraction of sp³-hybridized carbons (Fsp3) is 0.250. The standard InChI is InChI=1S/C12H11FN2/c13-11-4-2-1-3-10(11)12-6-5-9-7-14-8-15(9)12/h1-4,7-8,12H,5-6H2/t12-/m1/s1. The predicted octanol–water partition coefficient (Wildman–Crippen LogP) is 2.56. The Morgan fingerprint density at radius 2 is 2.20 bits per heavy atom. The molecule has 0 radical (unpaired) electrons. The van der Waals surface area contributed by atoms with Gasteiger partial charge in [0.05, 0.1) is 12.4 Å². The van der Waals surface area contributed by atoms with Crippen molar-refractivity contribution < 1.29 is 4.39 Å². The van der Waals surface area contributed by atoms with Crippen molar-refractivity contribution in [1.29, 1.82) is 0 Å². The highest BCUT2D eigenvalue weighted by molar-refractivity contribution is 5.25. The number of fused-ring (bicyclic) bond motifs is 1. The highest BCUT2D eigenvalue weighted by Gasteiger charge is 2.24. The summed E-state index contributed by atoms with van der Waals surface area (Å²) in [6.07, 6.45) is 5.61. The minimum Gasteiger partial charge on any atom is -0.327 e. The van der Waals surface area contributed by atoms with Gasteiger partial charge in [-0.2, -0.15) is 0 Å². The molecule has 76 valence electrons. The molecule has 0 fully saturated rings. The van der Waals surface area contributed by atoms with Gasteiger partial charge in [0.15, 0.2) is 0 Å². The van der Waals surface area contributed by atoms with E-state index in [1.807, 2.05) is 18.3 Å². The second-order valence-corrected chi connectivity index (χ2v) is 3.87. The average molecular weight is 202 g/mol. The molecule has 0 saturated heterocycles. The molecule has 1 aromatic heterocycles. The second kappa shape index (κ2) is 3.19. The van der Waals surface area contributed by atoms with Crippen LogP contribution in [0.25, 0.3) is 0 Å². The van der Waals surface area contributed by atoms with E-state index < -0.39 is 0 Å². The molecule has 0 saturated carbocycles. The Bertz CT molecular complexity index is 490. The number of nitrogens with zero attached hydrogens (tertiary/aromatic N) is 2. The van der Waals surface area contributed by atoms with Crippen molar-refractivity contribution in [3.8, 4) is 0 Å². The number of hydrogen-bond donors (Lipinski definition) is 0. The van der Waals surface area contributed by atoms with Gasteiger partial charge in [-0.25, -0.2) is 9.37 Å². The number of imidazole rings is 1. The zero-order valence-corrected chi connectivity index (χ0v) is 8.23. The maximum Gasteiger partial charge on any atom is 0.128 e. The smallest absolute Gasteiger partial charge is 0.128 e. The third-order valence-corrected chi connectivity index (χ3v) is 3.02. The Hall–Kier alpha value is -1.64. The molecule has 0 amide bonds. The molecule has 1 aliphatic heterocycles. The summed E-state index contributed by atoms with van der Waals surface area (Å²) in [5, 5.41) is 0. The van der Waals surface area contributed by atoms with Crippen LogP contribution in [-0.2, 0) is 6.42 Å². The quantitative estimate of drug-likeness (QED) is 0.695. The van der Waals surface area contributed by atoms with Crippen molar-refractivity contribution in [2.45, 2.75) is 18.9 Å². The largest absolute Gasteiger partial charge is 0.327 e. The van der Waals surface area contributed by atoms with E-state index >= 15 is 0 Å². The van der Waals surface area contributed by atoms with E-state index in [2.05, 4.69) is 9.55 Å². The summed E-state index contributed by atoms with van der Waals surface area (Å²) in [5.74, 6) is -0.121. The molecule has 1 aliphatic rings. The third kappa shape index (κ3) is 1.27. The summed E-state index contributed by atoms with van der Waals surface area (Å²) in [6.45, 7) is 0. The predicted molar refractivity (Wildman–Crippen MR) is 55.1 cm³/mol. The SMILES string of the molecule is Fc1ccccc1[C@H]1CCc2cncn21. The highest BCUT2D eigenvalue weighted by Crippen LogP contribution is 2.32. The normalized spacial score (nSPS) is 19.1. The van der Waals surface area contributed by atoms with Gasteiger partial charge in [-0.3, -0.25) is 0 Å². The number of halogens is 1. The Balaban J connectivity index is 2.08. The van der Waals surface area contributed by atoms with Crippen molar-refractivity contribution in [1.82, 2.24) is 9.55 Å². The summed E-state index contributed by atoms with van der Waals surface area (Å²) in [4.78, 5) is 4.09. The van der Waals surface area contributed by atoms with Gasteiger partial charge < -0.3 is 4.57 Å². The number of aromatic nitrogens is 2. The van der Waals surface area contributed by atoms with E-state index in [1.165, 1.54) is 11.8 Å². The monoisotopic (exact) mass is 202 g/mol. The molecule has 0 N–H and O–H groups in total. The number of benzene rings is 1. The summed E-state index contributed by atoms with van der Waals surface area (Å²) in [5.41, 5.74) is 1.97. The maximum absolute atomic E-state index is 13.6. The molecule has 0 aliphatic carbocycles. The van der Waals surface area contributed by atoms with Crippen LogP contribution in [0.5, 0.6) is 0 Å². The Kier molecular flexibility index (Phi) is 1.84. The van der Waals surface area contributed by atoms with E-state index in [0.717, 1.165) is 18.4 Å². The van der Waals surface area contributed by atoms with E-state index in [0.29, 0.717) is 0 Å². The first-order chi connectivity index (χ1) is 7.36. The summed E-state index contributed by atoms with van der Waals surface area (Å²) < 4.78 is 15.7. The first-order valence-electron chi connectivity index (χ1n) is 5.11. The molecular weight excluding hydrogens is 191 g/mol. The summed E-state index contributed by atoms with van der Waals surface area (Å²) >= 11 is 0. The number of aryl methyl sites for hydroxylation is 1. The van der Waals surface area contributed by atoms with E-state index in [-0.39, 0.29) is 11.9 Å². The Morgan fingerprint density at radius 3 is 3.07 bits per heavy atom. The minimum atomic E-state index is -0.121. The minimum absolute atomic E-state index is 0.121. The van der Waals surface area contributed by atoms with Gasteiger partial charge in [-0.15, -0.1) is 0 Å². The molecular formula is C12H11FN2. The average Bonchev–Trinajstić information content (AvgIpc) is 2.80. The van der Waals surface area contributed by atoms with Crippen LogP contribution < -0.4 is 0 Å². The maximum atomic E-state index is 13.6. The second-order valence-electron chi connectivity index (χ2n) is 3.87. The lowest BCUT2D eigenvalue weighted by atomic mass is 10.0. The fourth-order valence-corrected chi connectivity index (χ4v) is 2.28. The van der Waals surface area contributed by atoms with Gasteiger partial charge in [-0.05, 0) is 18.9 Å². The highest BCUT2D eigenvalue weighted by atomic mass is 19.1. The summed E-state index contributed by atoms with van der Waals surface area (Å²) in [7, 11) is 0. The molecule has 0 bridgehead atoms. The van der Waals surface area contributed by atoms with E-state index in [9.17, 15) is 4.39 Å². The van der Waals surface area contributed by atoms with Gasteiger partial charge in [0.2, 0.25) is 0 Å². The molecule has 3 rings (SSSR count). The molecule has 3 heteroatoms. The lowest BCUT2D eigenvalue weighted by molar-refractivity contribution is 0.545. The zero-order valence-electron chi connectivity index (χ0n) is 8.23. The lowest BCUT2D eigenvalue weighted by Gasteiger charge is -2.13. The topological polar surface area (TPSA) is 17.8 Å². The molecule has 1 atom stereocenters. The first-order valence-corrected chi connectivity index (χ1v) is 5.11. The number of hydrogen-bond acceptors (Lipinski definition) is 1. The lowest BCUT2D eigenvalue weighted by Crippen LogP contribution is -2.06. The molecule has 15 heavy (non-hydrogen) atoms. The van der Waals surface area contributed by atoms with Crippen LogP contribution in [0.1, 0.15) is 23.7 Å². The van der Waals surface area contributed by atoms with Crippen LogP contribution in [0.3, 0.4) is 0 Å². The molecule has 2 nitrogen and oxygen atoms in total. The van der Waals surface area contributed by atoms with E-state index in [1.54, 1.807) is 12.4 Å². The summed E-state index contributed by atoms with van der Waals surface area (Å²) in [6, 6.07) is 7.11. The van der Waals surface area contributed by atoms with E-state index in [4.69, 9.17) is 0 Å². The van der Waals surface area contributed by atoms with Crippen LogP contribution in [0, 0.1) is 5.82 Å².